The molecule has 0 fully saturated rings. The summed E-state index contributed by atoms with van der Waals surface area (Å²) in [4.78, 5) is 25.7. The van der Waals surface area contributed by atoms with Crippen LogP contribution in [0.25, 0.3) is 0 Å². The number of benzene rings is 2. The summed E-state index contributed by atoms with van der Waals surface area (Å²) < 4.78 is 50.5. The van der Waals surface area contributed by atoms with E-state index in [-0.39, 0.29) is 11.3 Å². The number of nitrogens with one attached hydrogen (secondary N) is 2. The summed E-state index contributed by atoms with van der Waals surface area (Å²) in [5.41, 5.74) is -0.256. The molecule has 0 saturated carbocycles. The molecule has 1 heterocycles. The Morgan fingerprint density at radius 2 is 1.83 bits per heavy atom. The zero-order valence-corrected chi connectivity index (χ0v) is 18.3. The Balaban J connectivity index is 1.53. The second-order valence-corrected chi connectivity index (χ2v) is 7.74. The van der Waals surface area contributed by atoms with Crippen LogP contribution in [0.5, 0.6) is 0 Å². The lowest BCUT2D eigenvalue weighted by molar-refractivity contribution is -0.137. The minimum absolute atomic E-state index is 0.176. The molecule has 35 heavy (non-hydrogen) atoms. The maximum Gasteiger partial charge on any atom is 0.417 e. The Bertz CT molecular complexity index is 1250. The van der Waals surface area contributed by atoms with Crippen LogP contribution in [-0.4, -0.2) is 17.9 Å². The number of anilines is 1. The van der Waals surface area contributed by atoms with Gasteiger partial charge in [0.05, 0.1) is 11.1 Å². The minimum Gasteiger partial charge on any atom is -0.466 e. The third-order valence-electron chi connectivity index (χ3n) is 5.36. The van der Waals surface area contributed by atoms with Gasteiger partial charge in [-0.15, -0.1) is 0 Å². The Morgan fingerprint density at radius 1 is 1.00 bits per heavy atom. The first-order valence-corrected chi connectivity index (χ1v) is 10.7. The van der Waals surface area contributed by atoms with Gasteiger partial charge in [-0.2, -0.15) is 13.2 Å². The number of ether oxygens (including phenoxy) is 2. The molecule has 2 N–H and O–H groups in total. The summed E-state index contributed by atoms with van der Waals surface area (Å²) in [5, 5.41) is 5.35. The first-order chi connectivity index (χ1) is 16.8. The van der Waals surface area contributed by atoms with E-state index in [1.54, 1.807) is 0 Å². The summed E-state index contributed by atoms with van der Waals surface area (Å²) in [5.74, 6) is -0.996. The van der Waals surface area contributed by atoms with Gasteiger partial charge in [0, 0.05) is 11.3 Å². The summed E-state index contributed by atoms with van der Waals surface area (Å²) in [7, 11) is 0. The molecule has 0 saturated heterocycles. The fourth-order valence-corrected chi connectivity index (χ4v) is 3.70. The van der Waals surface area contributed by atoms with Gasteiger partial charge >= 0.3 is 6.18 Å². The van der Waals surface area contributed by atoms with Crippen LogP contribution in [0.2, 0.25) is 0 Å². The SMILES string of the molecule is O=C(NC(C1=CC=CCC1)C1=COC=CO1)c1cccc(NC(=O)c2ccccc2C(F)(F)F)c1. The van der Waals surface area contributed by atoms with Gasteiger partial charge in [-0.25, -0.2) is 0 Å². The maximum absolute atomic E-state index is 13.3. The van der Waals surface area contributed by atoms with Crippen LogP contribution in [0.4, 0.5) is 18.9 Å². The molecule has 0 aromatic heterocycles. The van der Waals surface area contributed by atoms with Gasteiger partial charge in [0.2, 0.25) is 0 Å². The average molecular weight is 482 g/mol. The average Bonchev–Trinajstić information content (AvgIpc) is 2.88. The molecule has 0 radical (unpaired) electrons. The summed E-state index contributed by atoms with van der Waals surface area (Å²) in [6.07, 6.45) is 6.77. The Morgan fingerprint density at radius 3 is 2.54 bits per heavy atom. The number of halogens is 3. The Labute approximate surface area is 199 Å². The molecule has 6 nitrogen and oxygen atoms in total. The molecule has 2 aromatic carbocycles. The van der Waals surface area contributed by atoms with Gasteiger partial charge < -0.3 is 20.1 Å². The van der Waals surface area contributed by atoms with Crippen molar-refractivity contribution in [1.82, 2.24) is 5.32 Å². The highest BCUT2D eigenvalue weighted by molar-refractivity contribution is 6.06. The lowest BCUT2D eigenvalue weighted by Gasteiger charge is -2.25. The van der Waals surface area contributed by atoms with Gasteiger partial charge in [-0.3, -0.25) is 9.59 Å². The lowest BCUT2D eigenvalue weighted by atomic mass is 9.96. The molecule has 9 heteroatoms. The van der Waals surface area contributed by atoms with Crippen LogP contribution in [0.1, 0.15) is 39.1 Å². The number of hydrogen-bond donors (Lipinski definition) is 2. The number of alkyl halides is 3. The van der Waals surface area contributed by atoms with Crippen molar-refractivity contribution < 1.29 is 32.2 Å². The van der Waals surface area contributed by atoms with Crippen molar-refractivity contribution in [2.45, 2.75) is 25.1 Å². The largest absolute Gasteiger partial charge is 0.466 e. The normalized spacial score (nSPS) is 15.7. The first-order valence-electron chi connectivity index (χ1n) is 10.7. The van der Waals surface area contributed by atoms with Crippen molar-refractivity contribution in [3.63, 3.8) is 0 Å². The monoisotopic (exact) mass is 482 g/mol. The molecule has 2 aliphatic rings. The van der Waals surface area contributed by atoms with Crippen LogP contribution < -0.4 is 10.6 Å². The van der Waals surface area contributed by atoms with Gasteiger partial charge in [-0.1, -0.05) is 36.4 Å². The standard InChI is InChI=1S/C26H21F3N2O4/c27-26(28,29)21-12-5-4-11-20(21)25(33)30-19-10-6-9-18(15-19)24(32)31-23(17-7-2-1-3-8-17)22-16-34-13-14-35-22/h1-2,4-7,9-16,23H,3,8H2,(H,30,33)(H,31,32). The molecule has 1 aliphatic carbocycles. The van der Waals surface area contributed by atoms with E-state index in [4.69, 9.17) is 9.47 Å². The highest BCUT2D eigenvalue weighted by atomic mass is 19.4. The highest BCUT2D eigenvalue weighted by Gasteiger charge is 2.35. The van der Waals surface area contributed by atoms with Gasteiger partial charge in [-0.05, 0) is 48.7 Å². The van der Waals surface area contributed by atoms with E-state index in [0.29, 0.717) is 12.2 Å². The molecular formula is C26H21F3N2O4. The third kappa shape index (κ3) is 5.81. The van der Waals surface area contributed by atoms with Gasteiger partial charge in [0.1, 0.15) is 24.8 Å². The van der Waals surface area contributed by atoms with Crippen LogP contribution in [0.3, 0.4) is 0 Å². The lowest BCUT2D eigenvalue weighted by Crippen LogP contribution is -2.38. The van der Waals surface area contributed by atoms with Crippen LogP contribution in [0, 0.1) is 0 Å². The molecule has 4 rings (SSSR count). The van der Waals surface area contributed by atoms with Crippen molar-refractivity contribution in [3.05, 3.63) is 114 Å². The van der Waals surface area contributed by atoms with Crippen molar-refractivity contribution >= 4 is 17.5 Å². The summed E-state index contributed by atoms with van der Waals surface area (Å²) in [6, 6.07) is 9.86. The minimum atomic E-state index is -4.68. The highest BCUT2D eigenvalue weighted by Crippen LogP contribution is 2.32. The second kappa shape index (κ2) is 10.3. The molecule has 180 valence electrons. The van der Waals surface area contributed by atoms with Gasteiger partial charge in [0.15, 0.2) is 5.76 Å². The maximum atomic E-state index is 13.3. The molecule has 1 aliphatic heterocycles. The van der Waals surface area contributed by atoms with E-state index in [2.05, 4.69) is 10.6 Å². The fourth-order valence-electron chi connectivity index (χ4n) is 3.70. The fraction of sp³-hybridized carbons (Fsp3) is 0.154. The van der Waals surface area contributed by atoms with Gasteiger partial charge in [0.25, 0.3) is 11.8 Å². The number of allylic oxidation sites excluding steroid dienone is 3. The van der Waals surface area contributed by atoms with Crippen LogP contribution in [0.15, 0.2) is 96.9 Å². The zero-order valence-electron chi connectivity index (χ0n) is 18.3. The van der Waals surface area contributed by atoms with E-state index >= 15 is 0 Å². The number of carbonyl (C=O) groups excluding carboxylic acids is 2. The van der Waals surface area contributed by atoms with E-state index in [0.717, 1.165) is 24.1 Å². The zero-order chi connectivity index (χ0) is 24.8. The van der Waals surface area contributed by atoms with E-state index in [1.807, 2.05) is 18.2 Å². The molecule has 0 spiro atoms. The Hall–Kier alpha value is -4.27. The summed E-state index contributed by atoms with van der Waals surface area (Å²) >= 11 is 0. The van der Waals surface area contributed by atoms with Crippen molar-refractivity contribution in [1.29, 1.82) is 0 Å². The van der Waals surface area contributed by atoms with E-state index in [1.165, 1.54) is 55.2 Å². The molecule has 0 bridgehead atoms. The predicted octanol–water partition coefficient (Wildman–Crippen LogP) is 5.69. The topological polar surface area (TPSA) is 76.7 Å². The summed E-state index contributed by atoms with van der Waals surface area (Å²) in [6.45, 7) is 0. The van der Waals surface area contributed by atoms with Crippen LogP contribution in [-0.2, 0) is 15.7 Å². The van der Waals surface area contributed by atoms with Crippen molar-refractivity contribution in [3.8, 4) is 0 Å². The molecule has 2 amide bonds. The predicted molar refractivity (Wildman–Crippen MR) is 123 cm³/mol. The number of rotatable bonds is 6. The van der Waals surface area contributed by atoms with Crippen molar-refractivity contribution in [2.75, 3.05) is 5.32 Å². The molecule has 1 atom stereocenters. The number of hydrogen-bond acceptors (Lipinski definition) is 4. The van der Waals surface area contributed by atoms with E-state index in [9.17, 15) is 22.8 Å². The van der Waals surface area contributed by atoms with Crippen LogP contribution >= 0.6 is 0 Å². The molecular weight excluding hydrogens is 461 g/mol. The molecule has 1 unspecified atom stereocenters. The third-order valence-corrected chi connectivity index (χ3v) is 5.36. The quantitative estimate of drug-likeness (QED) is 0.555. The molecule has 2 aromatic rings. The Kier molecular flexibility index (Phi) is 7.05. The second-order valence-electron chi connectivity index (χ2n) is 7.74. The van der Waals surface area contributed by atoms with Crippen molar-refractivity contribution in [2.24, 2.45) is 0 Å². The number of carbonyl (C=O) groups is 2. The smallest absolute Gasteiger partial charge is 0.417 e. The van der Waals surface area contributed by atoms with E-state index < -0.39 is 35.2 Å². The first kappa shape index (κ1) is 23.9. The number of amides is 2.